The molecule has 12 rings (SSSR count). The van der Waals surface area contributed by atoms with Crippen LogP contribution < -0.4 is 0 Å². The smallest absolute Gasteiger partial charge is 0.160 e. The Morgan fingerprint density at radius 2 is 0.581 bits per heavy atom. The number of nitrogens with zero attached hydrogens (tertiary/aromatic N) is 2. The maximum absolute atomic E-state index is 5.15. The largest absolute Gasteiger partial charge is 0.228 e. The second-order valence-electron chi connectivity index (χ2n) is 15.8. The van der Waals surface area contributed by atoms with Crippen molar-refractivity contribution in [2.75, 3.05) is 0 Å². The maximum atomic E-state index is 5.15. The van der Waals surface area contributed by atoms with Crippen LogP contribution in [0.4, 0.5) is 0 Å². The van der Waals surface area contributed by atoms with Gasteiger partial charge in [-0.1, -0.05) is 158 Å². The summed E-state index contributed by atoms with van der Waals surface area (Å²) in [6.07, 6.45) is 0. The predicted molar refractivity (Wildman–Crippen MR) is 266 cm³/mol. The van der Waals surface area contributed by atoms with E-state index in [9.17, 15) is 0 Å². The Hall–Kier alpha value is -7.50. The Labute approximate surface area is 367 Å². The van der Waals surface area contributed by atoms with E-state index in [0.29, 0.717) is 5.82 Å². The molecular formula is C58H36N2S2. The quantitative estimate of drug-likeness (QED) is 0.160. The fourth-order valence-electron chi connectivity index (χ4n) is 8.70. The zero-order valence-corrected chi connectivity index (χ0v) is 35.1. The van der Waals surface area contributed by atoms with Gasteiger partial charge < -0.3 is 0 Å². The first-order valence-electron chi connectivity index (χ1n) is 20.9. The van der Waals surface area contributed by atoms with Crippen molar-refractivity contribution in [2.24, 2.45) is 0 Å². The SMILES string of the molecule is c1ccc(-c2ccc(-c3cc(-c4ccc(-c5cc(-c6ccc7sc8ccccc8c7c6)cc(-c6ccc7sc8ccccc8c7c6)c5)cc4)nc(-c4ccccc4)n3)cc2)cc1. The average molecular weight is 825 g/mol. The molecule has 290 valence electrons. The molecule has 62 heavy (non-hydrogen) atoms. The lowest BCUT2D eigenvalue weighted by Crippen LogP contribution is -1.96. The average Bonchev–Trinajstić information content (AvgIpc) is 3.92. The van der Waals surface area contributed by atoms with E-state index in [-0.39, 0.29) is 0 Å². The Bertz CT molecular complexity index is 3470. The summed E-state index contributed by atoms with van der Waals surface area (Å²) >= 11 is 3.72. The van der Waals surface area contributed by atoms with Crippen LogP contribution in [0.15, 0.2) is 218 Å². The van der Waals surface area contributed by atoms with E-state index in [1.54, 1.807) is 0 Å². The van der Waals surface area contributed by atoms with Crippen LogP contribution in [0, 0.1) is 0 Å². The van der Waals surface area contributed by atoms with E-state index in [1.165, 1.54) is 79.3 Å². The third-order valence-electron chi connectivity index (χ3n) is 11.9. The first kappa shape index (κ1) is 36.4. The monoisotopic (exact) mass is 824 g/mol. The summed E-state index contributed by atoms with van der Waals surface area (Å²) in [5, 5.41) is 5.22. The molecule has 9 aromatic carbocycles. The van der Waals surface area contributed by atoms with Crippen LogP contribution >= 0.6 is 22.7 Å². The van der Waals surface area contributed by atoms with Gasteiger partial charge in [-0.25, -0.2) is 9.97 Å². The van der Waals surface area contributed by atoms with Crippen molar-refractivity contribution < 1.29 is 0 Å². The molecule has 0 N–H and O–H groups in total. The standard InChI is InChI=1S/C58H36N2S2/c1-3-11-37(12-4-1)38-19-23-40(24-20-38)52-36-53(60-58(59-52)42-13-5-2-6-14-42)41-25-21-39(22-26-41)45-31-46(43-27-29-56-50(34-43)48-15-7-9-17-54(48)61-56)33-47(32-45)44-28-30-57-51(35-44)49-16-8-10-18-55(49)62-57/h1-36H. The highest BCUT2D eigenvalue weighted by molar-refractivity contribution is 7.26. The highest BCUT2D eigenvalue weighted by Gasteiger charge is 2.15. The summed E-state index contributed by atoms with van der Waals surface area (Å²) in [7, 11) is 0. The minimum absolute atomic E-state index is 0.706. The van der Waals surface area contributed by atoms with Crippen LogP contribution in [0.1, 0.15) is 0 Å². The molecule has 0 atom stereocenters. The van der Waals surface area contributed by atoms with Gasteiger partial charge in [0.1, 0.15) is 0 Å². The van der Waals surface area contributed by atoms with Crippen molar-refractivity contribution >= 4 is 63.0 Å². The fraction of sp³-hybridized carbons (Fsp3) is 0. The van der Waals surface area contributed by atoms with Crippen LogP contribution in [0.3, 0.4) is 0 Å². The topological polar surface area (TPSA) is 25.8 Å². The van der Waals surface area contributed by atoms with Crippen molar-refractivity contribution in [1.29, 1.82) is 0 Å². The van der Waals surface area contributed by atoms with Crippen LogP contribution in [0.2, 0.25) is 0 Å². The number of hydrogen-bond donors (Lipinski definition) is 0. The molecule has 0 aliphatic heterocycles. The summed E-state index contributed by atoms with van der Waals surface area (Å²) in [6, 6.07) is 78.8. The molecule has 0 aliphatic carbocycles. The molecule has 0 unspecified atom stereocenters. The van der Waals surface area contributed by atoms with Gasteiger partial charge in [-0.3, -0.25) is 0 Å². The van der Waals surface area contributed by atoms with Gasteiger partial charge in [0.25, 0.3) is 0 Å². The molecule has 0 saturated heterocycles. The molecule has 0 amide bonds. The second kappa shape index (κ2) is 15.2. The van der Waals surface area contributed by atoms with E-state index in [1.807, 2.05) is 46.9 Å². The van der Waals surface area contributed by atoms with E-state index in [2.05, 4.69) is 194 Å². The van der Waals surface area contributed by atoms with Gasteiger partial charge in [0, 0.05) is 57.0 Å². The molecule has 4 heteroatoms. The zero-order valence-electron chi connectivity index (χ0n) is 33.5. The Kier molecular flexibility index (Phi) is 8.91. The minimum Gasteiger partial charge on any atom is -0.228 e. The molecule has 2 nitrogen and oxygen atoms in total. The van der Waals surface area contributed by atoms with E-state index >= 15 is 0 Å². The Morgan fingerprint density at radius 3 is 1.08 bits per heavy atom. The van der Waals surface area contributed by atoms with Crippen molar-refractivity contribution in [2.45, 2.75) is 0 Å². The molecule has 0 saturated carbocycles. The first-order valence-corrected chi connectivity index (χ1v) is 22.5. The van der Waals surface area contributed by atoms with Crippen molar-refractivity contribution in [3.63, 3.8) is 0 Å². The number of fused-ring (bicyclic) bond motifs is 6. The van der Waals surface area contributed by atoms with E-state index in [4.69, 9.17) is 9.97 Å². The van der Waals surface area contributed by atoms with Crippen molar-refractivity contribution in [3.8, 4) is 78.4 Å². The first-order chi connectivity index (χ1) is 30.7. The molecule has 3 aromatic heterocycles. The molecule has 0 spiro atoms. The van der Waals surface area contributed by atoms with Gasteiger partial charge in [-0.05, 0) is 105 Å². The van der Waals surface area contributed by atoms with E-state index < -0.39 is 0 Å². The normalized spacial score (nSPS) is 11.5. The highest BCUT2D eigenvalue weighted by Crippen LogP contribution is 2.41. The molecule has 0 fully saturated rings. The Morgan fingerprint density at radius 1 is 0.226 bits per heavy atom. The van der Waals surface area contributed by atoms with Gasteiger partial charge in [-0.2, -0.15) is 0 Å². The van der Waals surface area contributed by atoms with Crippen LogP contribution in [-0.4, -0.2) is 9.97 Å². The molecule has 12 aromatic rings. The number of aromatic nitrogens is 2. The van der Waals surface area contributed by atoms with Crippen LogP contribution in [-0.2, 0) is 0 Å². The van der Waals surface area contributed by atoms with Crippen LogP contribution in [0.25, 0.3) is 119 Å². The lowest BCUT2D eigenvalue weighted by molar-refractivity contribution is 1.18. The fourth-order valence-corrected chi connectivity index (χ4v) is 10.9. The highest BCUT2D eigenvalue weighted by atomic mass is 32.1. The molecule has 0 aliphatic rings. The summed E-state index contributed by atoms with van der Waals surface area (Å²) in [6.45, 7) is 0. The minimum atomic E-state index is 0.706. The second-order valence-corrected chi connectivity index (χ2v) is 17.9. The maximum Gasteiger partial charge on any atom is 0.160 e. The Balaban J connectivity index is 0.964. The van der Waals surface area contributed by atoms with Gasteiger partial charge in [0.15, 0.2) is 5.82 Å². The number of benzene rings is 9. The summed E-state index contributed by atoms with van der Waals surface area (Å²) in [4.78, 5) is 10.2. The lowest BCUT2D eigenvalue weighted by Gasteiger charge is -2.13. The summed E-state index contributed by atoms with van der Waals surface area (Å²) < 4.78 is 5.25. The molecular weight excluding hydrogens is 789 g/mol. The third-order valence-corrected chi connectivity index (χ3v) is 14.2. The summed E-state index contributed by atoms with van der Waals surface area (Å²) in [5.74, 6) is 0.706. The molecule has 0 radical (unpaired) electrons. The van der Waals surface area contributed by atoms with Gasteiger partial charge in [0.05, 0.1) is 11.4 Å². The van der Waals surface area contributed by atoms with Crippen molar-refractivity contribution in [3.05, 3.63) is 218 Å². The zero-order chi connectivity index (χ0) is 41.0. The molecule has 0 bridgehead atoms. The third kappa shape index (κ3) is 6.67. The number of rotatable bonds is 7. The van der Waals surface area contributed by atoms with Gasteiger partial charge in [0.2, 0.25) is 0 Å². The van der Waals surface area contributed by atoms with Crippen molar-refractivity contribution in [1.82, 2.24) is 9.97 Å². The molecule has 3 heterocycles. The van der Waals surface area contributed by atoms with Gasteiger partial charge in [-0.15, -0.1) is 22.7 Å². The number of hydrogen-bond acceptors (Lipinski definition) is 4. The number of thiophene rings is 2. The van der Waals surface area contributed by atoms with Crippen LogP contribution in [0.5, 0.6) is 0 Å². The van der Waals surface area contributed by atoms with Gasteiger partial charge >= 0.3 is 0 Å². The summed E-state index contributed by atoms with van der Waals surface area (Å²) in [5.41, 5.74) is 14.3. The van der Waals surface area contributed by atoms with E-state index in [0.717, 1.165) is 33.6 Å². The predicted octanol–water partition coefficient (Wildman–Crippen LogP) is 16.9. The lowest BCUT2D eigenvalue weighted by atomic mass is 9.92.